The summed E-state index contributed by atoms with van der Waals surface area (Å²) in [5, 5.41) is 3.61. The Morgan fingerprint density at radius 3 is 2.71 bits per heavy atom. The minimum Gasteiger partial charge on any atom is -0.381 e. The molecule has 0 bridgehead atoms. The van der Waals surface area contributed by atoms with Gasteiger partial charge in [-0.2, -0.15) is 0 Å². The molecule has 1 aliphatic heterocycles. The average Bonchev–Trinajstić information content (AvgIpc) is 2.29. The van der Waals surface area contributed by atoms with Gasteiger partial charge in [0.2, 0.25) is 0 Å². The maximum Gasteiger partial charge on any atom is 0.251 e. The molecule has 0 spiro atoms. The third kappa shape index (κ3) is 3.45. The summed E-state index contributed by atoms with van der Waals surface area (Å²) in [6, 6.07) is 5.60. The second-order valence-electron chi connectivity index (χ2n) is 4.38. The van der Waals surface area contributed by atoms with Crippen LogP contribution in [0, 0.1) is 6.92 Å². The van der Waals surface area contributed by atoms with Crippen LogP contribution in [0.2, 0.25) is 5.02 Å². The van der Waals surface area contributed by atoms with Gasteiger partial charge in [-0.25, -0.2) is 0 Å². The van der Waals surface area contributed by atoms with E-state index in [1.54, 1.807) is 6.07 Å². The molecule has 0 saturated carbocycles. The fourth-order valence-electron chi connectivity index (χ4n) is 1.98. The largest absolute Gasteiger partial charge is 0.381 e. The van der Waals surface area contributed by atoms with Crippen molar-refractivity contribution in [2.24, 2.45) is 0 Å². The van der Waals surface area contributed by atoms with Crippen LogP contribution in [0.25, 0.3) is 0 Å². The van der Waals surface area contributed by atoms with Crippen molar-refractivity contribution in [3.8, 4) is 0 Å². The number of benzene rings is 1. The average molecular weight is 254 g/mol. The minimum absolute atomic E-state index is 0.0532. The number of amides is 1. The predicted molar refractivity (Wildman–Crippen MR) is 67.5 cm³/mol. The van der Waals surface area contributed by atoms with Crippen LogP contribution in [0.1, 0.15) is 28.8 Å². The molecule has 0 aliphatic carbocycles. The Hall–Kier alpha value is -1.06. The number of ether oxygens (including phenoxy) is 1. The van der Waals surface area contributed by atoms with Gasteiger partial charge < -0.3 is 10.1 Å². The summed E-state index contributed by atoms with van der Waals surface area (Å²) in [5.41, 5.74) is 1.62. The normalized spacial score (nSPS) is 16.8. The molecule has 92 valence electrons. The van der Waals surface area contributed by atoms with E-state index in [4.69, 9.17) is 16.3 Å². The fraction of sp³-hybridized carbons (Fsp3) is 0.462. The van der Waals surface area contributed by atoms with Crippen LogP contribution in [0.5, 0.6) is 0 Å². The SMILES string of the molecule is Cc1cc(Cl)cc(C(=O)NC2CCOCC2)c1. The number of halogens is 1. The molecule has 0 unspecified atom stereocenters. The highest BCUT2D eigenvalue weighted by atomic mass is 35.5. The van der Waals surface area contributed by atoms with Crippen molar-refractivity contribution in [2.75, 3.05) is 13.2 Å². The highest BCUT2D eigenvalue weighted by Gasteiger charge is 2.17. The number of aryl methyl sites for hydroxylation is 1. The molecule has 1 fully saturated rings. The predicted octanol–water partition coefficient (Wildman–Crippen LogP) is 2.56. The van der Waals surface area contributed by atoms with Crippen LogP contribution in [0.3, 0.4) is 0 Å². The Morgan fingerprint density at radius 2 is 2.06 bits per heavy atom. The van der Waals surface area contributed by atoms with E-state index in [1.807, 2.05) is 19.1 Å². The highest BCUT2D eigenvalue weighted by molar-refractivity contribution is 6.31. The van der Waals surface area contributed by atoms with Gasteiger partial charge in [-0.15, -0.1) is 0 Å². The summed E-state index contributed by atoms with van der Waals surface area (Å²) in [6.45, 7) is 3.37. The molecule has 1 aromatic carbocycles. The Bertz CT molecular complexity index is 394. The molecule has 1 aromatic rings. The van der Waals surface area contributed by atoms with Gasteiger partial charge in [-0.05, 0) is 43.5 Å². The molecule has 2 rings (SSSR count). The van der Waals surface area contributed by atoms with Crippen molar-refractivity contribution in [1.29, 1.82) is 0 Å². The summed E-state index contributed by atoms with van der Waals surface area (Å²) in [4.78, 5) is 12.0. The van der Waals surface area contributed by atoms with E-state index in [2.05, 4.69) is 5.32 Å². The van der Waals surface area contributed by atoms with Gasteiger partial charge in [0, 0.05) is 29.8 Å². The van der Waals surface area contributed by atoms with Crippen molar-refractivity contribution >= 4 is 17.5 Å². The van der Waals surface area contributed by atoms with Crippen LogP contribution < -0.4 is 5.32 Å². The maximum absolute atomic E-state index is 12.0. The zero-order chi connectivity index (χ0) is 12.3. The summed E-state index contributed by atoms with van der Waals surface area (Å²) < 4.78 is 5.25. The van der Waals surface area contributed by atoms with Crippen molar-refractivity contribution in [3.63, 3.8) is 0 Å². The Kier molecular flexibility index (Phi) is 4.02. The van der Waals surface area contributed by atoms with Crippen molar-refractivity contribution in [1.82, 2.24) is 5.32 Å². The fourth-order valence-corrected chi connectivity index (χ4v) is 2.27. The molecule has 1 amide bonds. The van der Waals surface area contributed by atoms with E-state index in [0.29, 0.717) is 10.6 Å². The minimum atomic E-state index is -0.0532. The van der Waals surface area contributed by atoms with Crippen LogP contribution in [-0.4, -0.2) is 25.2 Å². The van der Waals surface area contributed by atoms with Crippen LogP contribution in [0.15, 0.2) is 18.2 Å². The van der Waals surface area contributed by atoms with Gasteiger partial charge in [0.1, 0.15) is 0 Å². The topological polar surface area (TPSA) is 38.3 Å². The lowest BCUT2D eigenvalue weighted by molar-refractivity contribution is 0.0696. The molecule has 0 atom stereocenters. The van der Waals surface area contributed by atoms with Gasteiger partial charge in [0.15, 0.2) is 0 Å². The summed E-state index contributed by atoms with van der Waals surface area (Å²) in [5.74, 6) is -0.0532. The first kappa shape index (κ1) is 12.4. The van der Waals surface area contributed by atoms with Crippen molar-refractivity contribution in [2.45, 2.75) is 25.8 Å². The smallest absolute Gasteiger partial charge is 0.251 e. The van der Waals surface area contributed by atoms with E-state index >= 15 is 0 Å². The molecular weight excluding hydrogens is 238 g/mol. The van der Waals surface area contributed by atoms with Gasteiger partial charge in [-0.1, -0.05) is 11.6 Å². The van der Waals surface area contributed by atoms with Crippen LogP contribution >= 0.6 is 11.6 Å². The molecular formula is C13H16ClNO2. The number of carbonyl (C=O) groups excluding carboxylic acids is 1. The zero-order valence-electron chi connectivity index (χ0n) is 9.83. The molecule has 1 heterocycles. The Morgan fingerprint density at radius 1 is 1.35 bits per heavy atom. The van der Waals surface area contributed by atoms with Crippen molar-refractivity contribution in [3.05, 3.63) is 34.3 Å². The van der Waals surface area contributed by atoms with E-state index in [-0.39, 0.29) is 11.9 Å². The lowest BCUT2D eigenvalue weighted by Gasteiger charge is -2.23. The number of nitrogens with one attached hydrogen (secondary N) is 1. The van der Waals surface area contributed by atoms with Crippen LogP contribution in [-0.2, 0) is 4.74 Å². The summed E-state index contributed by atoms with van der Waals surface area (Å²) >= 11 is 5.94. The molecule has 3 nitrogen and oxygen atoms in total. The van der Waals surface area contributed by atoms with E-state index in [9.17, 15) is 4.79 Å². The molecule has 0 aromatic heterocycles. The first-order chi connectivity index (χ1) is 8.15. The Balaban J connectivity index is 2.03. The lowest BCUT2D eigenvalue weighted by Crippen LogP contribution is -2.38. The molecule has 1 saturated heterocycles. The van der Waals surface area contributed by atoms with Gasteiger partial charge in [0.05, 0.1) is 0 Å². The van der Waals surface area contributed by atoms with E-state index in [1.165, 1.54) is 0 Å². The second-order valence-corrected chi connectivity index (χ2v) is 4.81. The summed E-state index contributed by atoms with van der Waals surface area (Å²) in [6.07, 6.45) is 1.76. The van der Waals surface area contributed by atoms with E-state index in [0.717, 1.165) is 31.6 Å². The zero-order valence-corrected chi connectivity index (χ0v) is 10.6. The van der Waals surface area contributed by atoms with Gasteiger partial charge in [-0.3, -0.25) is 4.79 Å². The molecule has 1 N–H and O–H groups in total. The van der Waals surface area contributed by atoms with E-state index < -0.39 is 0 Å². The van der Waals surface area contributed by atoms with Crippen molar-refractivity contribution < 1.29 is 9.53 Å². The third-order valence-electron chi connectivity index (χ3n) is 2.86. The molecule has 4 heteroatoms. The van der Waals surface area contributed by atoms with Gasteiger partial charge in [0.25, 0.3) is 5.91 Å². The number of carbonyl (C=O) groups is 1. The van der Waals surface area contributed by atoms with Gasteiger partial charge >= 0.3 is 0 Å². The number of hydrogen-bond donors (Lipinski definition) is 1. The third-order valence-corrected chi connectivity index (χ3v) is 3.08. The highest BCUT2D eigenvalue weighted by Crippen LogP contribution is 2.15. The first-order valence-electron chi connectivity index (χ1n) is 5.81. The quantitative estimate of drug-likeness (QED) is 0.880. The molecule has 17 heavy (non-hydrogen) atoms. The second kappa shape index (κ2) is 5.52. The number of hydrogen-bond acceptors (Lipinski definition) is 2. The monoisotopic (exact) mass is 253 g/mol. The summed E-state index contributed by atoms with van der Waals surface area (Å²) in [7, 11) is 0. The van der Waals surface area contributed by atoms with Crippen LogP contribution in [0.4, 0.5) is 0 Å². The standard InChI is InChI=1S/C13H16ClNO2/c1-9-6-10(8-11(14)7-9)13(16)15-12-2-4-17-5-3-12/h6-8,12H,2-5H2,1H3,(H,15,16). The number of rotatable bonds is 2. The first-order valence-corrected chi connectivity index (χ1v) is 6.19. The lowest BCUT2D eigenvalue weighted by atomic mass is 10.1. The Labute approximate surface area is 106 Å². The molecule has 1 aliphatic rings. The maximum atomic E-state index is 12.0. The molecule has 0 radical (unpaired) electrons.